The number of amides is 1. The predicted molar refractivity (Wildman–Crippen MR) is 109 cm³/mol. The number of anilines is 1. The van der Waals surface area contributed by atoms with Gasteiger partial charge in [-0.2, -0.15) is 4.31 Å². The maximum atomic E-state index is 13.1. The SMILES string of the molecule is COc1cc(Cl)c(C)cc1NC(=O)C1CCCCN1S(=O)(=O)c1ccccc1. The molecule has 0 spiro atoms. The maximum Gasteiger partial charge on any atom is 0.243 e. The van der Waals surface area contributed by atoms with Gasteiger partial charge in [-0.3, -0.25) is 4.79 Å². The molecular formula is C20H23ClN2O4S. The molecule has 1 heterocycles. The highest BCUT2D eigenvalue weighted by atomic mass is 35.5. The number of methoxy groups -OCH3 is 1. The van der Waals surface area contributed by atoms with Gasteiger partial charge in [0.15, 0.2) is 0 Å². The Morgan fingerprint density at radius 3 is 2.61 bits per heavy atom. The molecule has 1 N–H and O–H groups in total. The fraction of sp³-hybridized carbons (Fsp3) is 0.350. The van der Waals surface area contributed by atoms with E-state index < -0.39 is 16.1 Å². The van der Waals surface area contributed by atoms with Crippen LogP contribution in [0.4, 0.5) is 5.69 Å². The van der Waals surface area contributed by atoms with Crippen molar-refractivity contribution < 1.29 is 17.9 Å². The lowest BCUT2D eigenvalue weighted by Crippen LogP contribution is -2.49. The molecule has 1 aliphatic rings. The van der Waals surface area contributed by atoms with E-state index >= 15 is 0 Å². The van der Waals surface area contributed by atoms with Crippen LogP contribution in [0.25, 0.3) is 0 Å². The summed E-state index contributed by atoms with van der Waals surface area (Å²) >= 11 is 6.12. The average molecular weight is 423 g/mol. The number of hydrogen-bond donors (Lipinski definition) is 1. The second kappa shape index (κ2) is 8.51. The lowest BCUT2D eigenvalue weighted by molar-refractivity contribution is -0.120. The molecule has 0 aromatic heterocycles. The largest absolute Gasteiger partial charge is 0.495 e. The highest BCUT2D eigenvalue weighted by Gasteiger charge is 2.37. The average Bonchev–Trinajstić information content (AvgIpc) is 2.71. The zero-order valence-electron chi connectivity index (χ0n) is 15.8. The normalized spacial score (nSPS) is 17.9. The summed E-state index contributed by atoms with van der Waals surface area (Å²) in [5, 5.41) is 3.35. The fourth-order valence-corrected chi connectivity index (χ4v) is 5.16. The van der Waals surface area contributed by atoms with Gasteiger partial charge in [-0.25, -0.2) is 8.42 Å². The Hall–Kier alpha value is -2.09. The van der Waals surface area contributed by atoms with Gasteiger partial charge in [0.1, 0.15) is 11.8 Å². The lowest BCUT2D eigenvalue weighted by atomic mass is 10.0. The summed E-state index contributed by atoms with van der Waals surface area (Å²) in [6, 6.07) is 10.8. The van der Waals surface area contributed by atoms with E-state index in [0.29, 0.717) is 29.4 Å². The number of ether oxygens (including phenoxy) is 1. The van der Waals surface area contributed by atoms with Gasteiger partial charge in [0.2, 0.25) is 15.9 Å². The third-order valence-corrected chi connectivity index (χ3v) is 7.17. The molecule has 2 aromatic carbocycles. The van der Waals surface area contributed by atoms with Crippen molar-refractivity contribution in [1.29, 1.82) is 0 Å². The fourth-order valence-electron chi connectivity index (χ4n) is 3.33. The summed E-state index contributed by atoms with van der Waals surface area (Å²) in [5.41, 5.74) is 1.26. The van der Waals surface area contributed by atoms with E-state index in [9.17, 15) is 13.2 Å². The molecule has 1 amide bonds. The third-order valence-electron chi connectivity index (χ3n) is 4.84. The molecule has 3 rings (SSSR count). The lowest BCUT2D eigenvalue weighted by Gasteiger charge is -2.33. The zero-order valence-corrected chi connectivity index (χ0v) is 17.4. The standard InChI is InChI=1S/C20H23ClN2O4S/c1-14-12-17(19(27-2)13-16(14)21)22-20(24)18-10-6-7-11-23(18)28(25,26)15-8-4-3-5-9-15/h3-5,8-9,12-13,18H,6-7,10-11H2,1-2H3,(H,22,24). The Morgan fingerprint density at radius 2 is 1.93 bits per heavy atom. The number of aryl methyl sites for hydroxylation is 1. The van der Waals surface area contributed by atoms with E-state index in [0.717, 1.165) is 18.4 Å². The van der Waals surface area contributed by atoms with Gasteiger partial charge >= 0.3 is 0 Å². The van der Waals surface area contributed by atoms with Crippen LogP contribution in [0.15, 0.2) is 47.4 Å². The molecule has 0 bridgehead atoms. The molecule has 2 aromatic rings. The third kappa shape index (κ3) is 4.16. The number of nitrogens with zero attached hydrogens (tertiary/aromatic N) is 1. The van der Waals surface area contributed by atoms with E-state index in [2.05, 4.69) is 5.32 Å². The number of halogens is 1. The minimum atomic E-state index is -3.76. The van der Waals surface area contributed by atoms with Crippen LogP contribution < -0.4 is 10.1 Å². The number of benzene rings is 2. The minimum absolute atomic E-state index is 0.189. The number of piperidine rings is 1. The first-order chi connectivity index (χ1) is 13.3. The van der Waals surface area contributed by atoms with E-state index in [1.807, 2.05) is 6.92 Å². The van der Waals surface area contributed by atoms with E-state index in [1.165, 1.54) is 11.4 Å². The molecule has 1 atom stereocenters. The summed E-state index contributed by atoms with van der Waals surface area (Å²) < 4.78 is 32.8. The number of carbonyl (C=O) groups excluding carboxylic acids is 1. The molecule has 0 radical (unpaired) electrons. The molecule has 1 aliphatic heterocycles. The number of carbonyl (C=O) groups is 1. The van der Waals surface area contributed by atoms with Crippen LogP contribution in [0, 0.1) is 6.92 Å². The van der Waals surface area contributed by atoms with Crippen molar-refractivity contribution in [3.05, 3.63) is 53.1 Å². The predicted octanol–water partition coefficient (Wildman–Crippen LogP) is 3.84. The van der Waals surface area contributed by atoms with Crippen LogP contribution in [-0.2, 0) is 14.8 Å². The number of rotatable bonds is 5. The monoisotopic (exact) mass is 422 g/mol. The quantitative estimate of drug-likeness (QED) is 0.794. The molecule has 0 saturated carbocycles. The smallest absolute Gasteiger partial charge is 0.243 e. The van der Waals surface area contributed by atoms with Crippen molar-refractivity contribution in [3.8, 4) is 5.75 Å². The first-order valence-electron chi connectivity index (χ1n) is 9.06. The Labute approximate surface area is 170 Å². The Bertz CT molecular complexity index is 964. The van der Waals surface area contributed by atoms with Crippen LogP contribution in [0.3, 0.4) is 0 Å². The summed E-state index contributed by atoms with van der Waals surface area (Å²) in [7, 11) is -2.27. The number of sulfonamides is 1. The Balaban J connectivity index is 1.89. The van der Waals surface area contributed by atoms with E-state index in [4.69, 9.17) is 16.3 Å². The molecule has 150 valence electrons. The van der Waals surface area contributed by atoms with Gasteiger partial charge in [0.05, 0.1) is 17.7 Å². The highest BCUT2D eigenvalue weighted by Crippen LogP contribution is 2.32. The second-order valence-electron chi connectivity index (χ2n) is 6.73. The number of hydrogen-bond acceptors (Lipinski definition) is 4. The maximum absolute atomic E-state index is 13.1. The molecular weight excluding hydrogens is 400 g/mol. The van der Waals surface area contributed by atoms with Gasteiger partial charge < -0.3 is 10.1 Å². The van der Waals surface area contributed by atoms with Gasteiger partial charge in [-0.15, -0.1) is 0 Å². The first-order valence-corrected chi connectivity index (χ1v) is 10.9. The Morgan fingerprint density at radius 1 is 1.21 bits per heavy atom. The minimum Gasteiger partial charge on any atom is -0.495 e. The highest BCUT2D eigenvalue weighted by molar-refractivity contribution is 7.89. The van der Waals surface area contributed by atoms with Gasteiger partial charge in [0, 0.05) is 17.6 Å². The van der Waals surface area contributed by atoms with Gasteiger partial charge in [0.25, 0.3) is 0 Å². The topological polar surface area (TPSA) is 75.7 Å². The van der Waals surface area contributed by atoms with Crippen molar-refractivity contribution in [3.63, 3.8) is 0 Å². The van der Waals surface area contributed by atoms with E-state index in [-0.39, 0.29) is 10.8 Å². The molecule has 1 unspecified atom stereocenters. The van der Waals surface area contributed by atoms with Gasteiger partial charge in [-0.05, 0) is 43.5 Å². The molecule has 28 heavy (non-hydrogen) atoms. The second-order valence-corrected chi connectivity index (χ2v) is 9.03. The van der Waals surface area contributed by atoms with Crippen molar-refractivity contribution in [1.82, 2.24) is 4.31 Å². The summed E-state index contributed by atoms with van der Waals surface area (Å²) in [6.45, 7) is 2.14. The van der Waals surface area contributed by atoms with Crippen molar-refractivity contribution >= 4 is 33.2 Å². The van der Waals surface area contributed by atoms with Crippen molar-refractivity contribution in [2.24, 2.45) is 0 Å². The molecule has 1 saturated heterocycles. The molecule has 0 aliphatic carbocycles. The molecule has 8 heteroatoms. The first kappa shape index (κ1) is 20.6. The van der Waals surface area contributed by atoms with Crippen LogP contribution in [0.5, 0.6) is 5.75 Å². The molecule has 6 nitrogen and oxygen atoms in total. The van der Waals surface area contributed by atoms with Crippen molar-refractivity contribution in [2.45, 2.75) is 37.1 Å². The Kier molecular flexibility index (Phi) is 6.27. The molecule has 1 fully saturated rings. The summed E-state index contributed by atoms with van der Waals surface area (Å²) in [5.74, 6) is 0.0523. The van der Waals surface area contributed by atoms with Crippen LogP contribution in [0.2, 0.25) is 5.02 Å². The van der Waals surface area contributed by atoms with Crippen LogP contribution >= 0.6 is 11.6 Å². The van der Waals surface area contributed by atoms with Crippen LogP contribution in [-0.4, -0.2) is 38.3 Å². The number of nitrogens with one attached hydrogen (secondary N) is 1. The zero-order chi connectivity index (χ0) is 20.3. The summed E-state index contributed by atoms with van der Waals surface area (Å²) in [6.07, 6.45) is 1.97. The summed E-state index contributed by atoms with van der Waals surface area (Å²) in [4.78, 5) is 13.2. The van der Waals surface area contributed by atoms with Crippen molar-refractivity contribution in [2.75, 3.05) is 19.0 Å². The van der Waals surface area contributed by atoms with Crippen LogP contribution in [0.1, 0.15) is 24.8 Å². The van der Waals surface area contributed by atoms with Gasteiger partial charge in [-0.1, -0.05) is 36.2 Å². The van der Waals surface area contributed by atoms with E-state index in [1.54, 1.807) is 42.5 Å².